The number of fused-ring (bicyclic) bond motifs is 1. The molecule has 5 rings (SSSR count). The molecule has 0 fully saturated rings. The fraction of sp³-hybridized carbons (Fsp3) is 0.219. The molecule has 8 nitrogen and oxygen atoms in total. The van der Waals surface area contributed by atoms with Crippen molar-refractivity contribution in [1.82, 2.24) is 4.57 Å². The average Bonchev–Trinajstić information content (AvgIpc) is 3.30. The van der Waals surface area contributed by atoms with Crippen molar-refractivity contribution < 1.29 is 23.7 Å². The molecule has 1 aliphatic heterocycles. The highest BCUT2D eigenvalue weighted by Gasteiger charge is 2.34. The monoisotopic (exact) mass is 760 g/mol. The third kappa shape index (κ3) is 6.37. The van der Waals surface area contributed by atoms with Crippen molar-refractivity contribution in [2.45, 2.75) is 26.5 Å². The van der Waals surface area contributed by atoms with Crippen LogP contribution in [-0.2, 0) is 16.1 Å². The van der Waals surface area contributed by atoms with Crippen molar-refractivity contribution in [3.63, 3.8) is 0 Å². The van der Waals surface area contributed by atoms with Crippen molar-refractivity contribution >= 4 is 66.8 Å². The summed E-state index contributed by atoms with van der Waals surface area (Å²) in [6.45, 7) is 3.94. The first-order valence-electron chi connectivity index (χ1n) is 13.4. The zero-order chi connectivity index (χ0) is 31.5. The van der Waals surface area contributed by atoms with Crippen molar-refractivity contribution in [1.29, 1.82) is 0 Å². The maximum atomic E-state index is 14.0. The van der Waals surface area contributed by atoms with Gasteiger partial charge in [-0.1, -0.05) is 47.2 Å². The van der Waals surface area contributed by atoms with Crippen LogP contribution in [0.5, 0.6) is 17.2 Å². The lowest BCUT2D eigenvalue weighted by atomic mass is 9.95. The Hall–Kier alpha value is -3.38. The Kier molecular flexibility index (Phi) is 9.99. The second-order valence-electron chi connectivity index (χ2n) is 9.61. The second kappa shape index (κ2) is 13.7. The zero-order valence-corrected chi connectivity index (χ0v) is 28.9. The van der Waals surface area contributed by atoms with E-state index >= 15 is 0 Å². The van der Waals surface area contributed by atoms with E-state index < -0.39 is 12.0 Å². The minimum Gasteiger partial charge on any atom is -0.493 e. The predicted octanol–water partition coefficient (Wildman–Crippen LogP) is 6.57. The van der Waals surface area contributed by atoms with Gasteiger partial charge in [-0.2, -0.15) is 0 Å². The second-order valence-corrected chi connectivity index (χ2v) is 12.7. The lowest BCUT2D eigenvalue weighted by Gasteiger charge is -2.25. The fourth-order valence-electron chi connectivity index (χ4n) is 4.85. The van der Waals surface area contributed by atoms with Crippen LogP contribution >= 0.6 is 54.8 Å². The number of allylic oxidation sites excluding steroid dienone is 1. The lowest BCUT2D eigenvalue weighted by molar-refractivity contribution is -0.139. The van der Waals surface area contributed by atoms with Gasteiger partial charge < -0.3 is 18.9 Å². The summed E-state index contributed by atoms with van der Waals surface area (Å²) >= 11 is 14.7. The van der Waals surface area contributed by atoms with Gasteiger partial charge in [0.2, 0.25) is 0 Å². The molecular weight excluding hydrogens is 736 g/mol. The number of carbonyl (C=O) groups excluding carboxylic acids is 1. The summed E-state index contributed by atoms with van der Waals surface area (Å²) < 4.78 is 25.7. The van der Waals surface area contributed by atoms with Crippen LogP contribution in [0.1, 0.15) is 36.6 Å². The fourth-order valence-corrected chi connectivity index (χ4v) is 7.53. The minimum absolute atomic E-state index is 0.181. The third-order valence-electron chi connectivity index (χ3n) is 6.89. The lowest BCUT2D eigenvalue weighted by Crippen LogP contribution is -2.40. The number of esters is 1. The molecule has 0 unspecified atom stereocenters. The molecule has 228 valence electrons. The summed E-state index contributed by atoms with van der Waals surface area (Å²) in [5.41, 5.74) is 2.72. The first-order valence-corrected chi connectivity index (χ1v) is 16.2. The number of thiazole rings is 1. The SMILES string of the molecule is CCOC(=O)C1=C(C)N=c2s/c(=C\c3cc(Br)c(OCc4ccccc4Cl)c(Br)c3)c(=O)n2[C@@H]1c1ccc(OC)c(OC)c1. The van der Waals surface area contributed by atoms with Crippen LogP contribution < -0.4 is 29.1 Å². The van der Waals surface area contributed by atoms with E-state index in [1.807, 2.05) is 36.4 Å². The summed E-state index contributed by atoms with van der Waals surface area (Å²) in [7, 11) is 3.08. The van der Waals surface area contributed by atoms with Crippen LogP contribution in [0.2, 0.25) is 5.02 Å². The Balaban J connectivity index is 1.58. The van der Waals surface area contributed by atoms with Gasteiger partial charge in [0.25, 0.3) is 5.56 Å². The van der Waals surface area contributed by atoms with E-state index in [-0.39, 0.29) is 24.3 Å². The molecule has 3 aromatic carbocycles. The number of benzene rings is 3. The molecule has 0 saturated heterocycles. The topological polar surface area (TPSA) is 88.4 Å². The normalized spacial score (nSPS) is 14.6. The van der Waals surface area contributed by atoms with Gasteiger partial charge in [-0.05, 0) is 93.2 Å². The van der Waals surface area contributed by atoms with Crippen molar-refractivity contribution in [2.75, 3.05) is 20.8 Å². The van der Waals surface area contributed by atoms with Gasteiger partial charge in [-0.3, -0.25) is 9.36 Å². The summed E-state index contributed by atoms with van der Waals surface area (Å²) in [6, 6.07) is 15.7. The predicted molar refractivity (Wildman–Crippen MR) is 178 cm³/mol. The maximum Gasteiger partial charge on any atom is 0.338 e. The number of rotatable bonds is 9. The van der Waals surface area contributed by atoms with E-state index in [2.05, 4.69) is 36.9 Å². The molecule has 1 atom stereocenters. The molecule has 0 aliphatic carbocycles. The third-order valence-corrected chi connectivity index (χ3v) is 9.42. The molecule has 0 radical (unpaired) electrons. The number of carbonyl (C=O) groups is 1. The van der Waals surface area contributed by atoms with Gasteiger partial charge in [0.1, 0.15) is 12.4 Å². The molecule has 1 aromatic heterocycles. The molecule has 0 amide bonds. The van der Waals surface area contributed by atoms with Gasteiger partial charge >= 0.3 is 5.97 Å². The molecule has 2 heterocycles. The first-order chi connectivity index (χ1) is 21.2. The Morgan fingerprint density at radius 2 is 1.77 bits per heavy atom. The maximum absolute atomic E-state index is 14.0. The van der Waals surface area contributed by atoms with Gasteiger partial charge in [0.05, 0.1) is 51.6 Å². The number of methoxy groups -OCH3 is 2. The molecule has 4 aromatic rings. The van der Waals surface area contributed by atoms with Crippen molar-refractivity contribution in [2.24, 2.45) is 4.99 Å². The highest BCUT2D eigenvalue weighted by atomic mass is 79.9. The van der Waals surface area contributed by atoms with E-state index in [4.69, 9.17) is 30.5 Å². The van der Waals surface area contributed by atoms with Crippen molar-refractivity contribution in [3.8, 4) is 17.2 Å². The Morgan fingerprint density at radius 3 is 2.43 bits per heavy atom. The molecule has 0 N–H and O–H groups in total. The number of nitrogens with zero attached hydrogens (tertiary/aromatic N) is 2. The van der Waals surface area contributed by atoms with Crippen LogP contribution in [0.25, 0.3) is 6.08 Å². The van der Waals surface area contributed by atoms with E-state index in [1.54, 1.807) is 45.2 Å². The minimum atomic E-state index is -0.786. The first kappa shape index (κ1) is 32.0. The average molecular weight is 763 g/mol. The van der Waals surface area contributed by atoms with Gasteiger partial charge in [-0.15, -0.1) is 0 Å². The summed E-state index contributed by atoms with van der Waals surface area (Å²) in [6.07, 6.45) is 1.78. The van der Waals surface area contributed by atoms with Gasteiger partial charge in [0, 0.05) is 10.6 Å². The largest absolute Gasteiger partial charge is 0.493 e. The van der Waals surface area contributed by atoms with Crippen LogP contribution in [0.4, 0.5) is 0 Å². The number of hydrogen-bond donors (Lipinski definition) is 0. The van der Waals surface area contributed by atoms with E-state index in [9.17, 15) is 9.59 Å². The highest BCUT2D eigenvalue weighted by molar-refractivity contribution is 9.11. The van der Waals surface area contributed by atoms with Gasteiger partial charge in [-0.25, -0.2) is 9.79 Å². The summed E-state index contributed by atoms with van der Waals surface area (Å²) in [5.74, 6) is 1.06. The quantitative estimate of drug-likeness (QED) is 0.179. The molecule has 0 saturated carbocycles. The number of hydrogen-bond acceptors (Lipinski definition) is 8. The van der Waals surface area contributed by atoms with Crippen LogP contribution in [0, 0.1) is 0 Å². The molecule has 44 heavy (non-hydrogen) atoms. The molecular formula is C32H27Br2ClN2O6S. The standard InChI is InChI=1S/C32H27Br2ClN2O6S/c1-5-42-31(39)27-17(2)36-32-37(28(27)19-10-11-24(40-3)25(15-19)41-4)30(38)26(44-32)14-18-12-21(33)29(22(34)13-18)43-16-20-8-6-7-9-23(20)35/h6-15,28H,5,16H2,1-4H3/b26-14-/t28-/m1/s1. The Labute approximate surface area is 279 Å². The van der Waals surface area contributed by atoms with E-state index in [0.29, 0.717) is 51.8 Å². The Bertz CT molecular complexity index is 1950. The van der Waals surface area contributed by atoms with Crippen LogP contribution in [0.3, 0.4) is 0 Å². The summed E-state index contributed by atoms with van der Waals surface area (Å²) in [4.78, 5) is 32.4. The van der Waals surface area contributed by atoms with Crippen molar-refractivity contribution in [3.05, 3.63) is 116 Å². The van der Waals surface area contributed by atoms with Crippen LogP contribution in [-0.4, -0.2) is 31.4 Å². The Morgan fingerprint density at radius 1 is 1.07 bits per heavy atom. The molecule has 12 heteroatoms. The van der Waals surface area contributed by atoms with E-state index in [0.717, 1.165) is 11.1 Å². The highest BCUT2D eigenvalue weighted by Crippen LogP contribution is 2.37. The number of ether oxygens (including phenoxy) is 4. The zero-order valence-electron chi connectivity index (χ0n) is 24.2. The molecule has 0 bridgehead atoms. The molecule has 0 spiro atoms. The van der Waals surface area contributed by atoms with Crippen LogP contribution in [0.15, 0.2) is 84.6 Å². The smallest absolute Gasteiger partial charge is 0.338 e. The summed E-state index contributed by atoms with van der Waals surface area (Å²) in [5, 5.41) is 0.625. The number of aromatic nitrogens is 1. The number of halogens is 3. The molecule has 1 aliphatic rings. The van der Waals surface area contributed by atoms with E-state index in [1.165, 1.54) is 23.0 Å². The van der Waals surface area contributed by atoms with Gasteiger partial charge in [0.15, 0.2) is 16.3 Å².